The van der Waals surface area contributed by atoms with Crippen LogP contribution in [0.1, 0.15) is 12.1 Å². The molecule has 1 aromatic heterocycles. The number of amides is 2. The third-order valence-electron chi connectivity index (χ3n) is 4.87. The van der Waals surface area contributed by atoms with Gasteiger partial charge in [0.1, 0.15) is 11.1 Å². The van der Waals surface area contributed by atoms with Gasteiger partial charge in [0.05, 0.1) is 5.69 Å². The number of benzene rings is 2. The van der Waals surface area contributed by atoms with Crippen LogP contribution in [0.4, 0.5) is 15.8 Å². The van der Waals surface area contributed by atoms with Crippen molar-refractivity contribution in [2.45, 2.75) is 18.1 Å². The zero-order valence-corrected chi connectivity index (χ0v) is 19.0. The minimum atomic E-state index is -0.618. The number of carbonyl (C=O) groups is 2. The molecular weight excluding hydrogens is 463 g/mol. The first-order valence-corrected chi connectivity index (χ1v) is 11.5. The second-order valence-electron chi connectivity index (χ2n) is 7.30. The molecule has 168 valence electrons. The molecule has 1 atom stereocenters. The van der Waals surface area contributed by atoms with Gasteiger partial charge in [-0.1, -0.05) is 35.5 Å². The summed E-state index contributed by atoms with van der Waals surface area (Å²) in [6, 6.07) is 18.2. The molecule has 4 rings (SSSR count). The van der Waals surface area contributed by atoms with Crippen molar-refractivity contribution in [3.05, 3.63) is 89.5 Å². The highest BCUT2D eigenvalue weighted by molar-refractivity contribution is 8.15. The summed E-state index contributed by atoms with van der Waals surface area (Å²) >= 11 is 7.33. The molecule has 1 aliphatic heterocycles. The fourth-order valence-electron chi connectivity index (χ4n) is 3.27. The number of hydrogen-bond acceptors (Lipinski definition) is 5. The van der Waals surface area contributed by atoms with Gasteiger partial charge in [-0.15, -0.1) is 0 Å². The lowest BCUT2D eigenvalue weighted by Gasteiger charge is -2.16. The number of aromatic nitrogens is 1. The van der Waals surface area contributed by atoms with Crippen molar-refractivity contribution in [1.82, 2.24) is 9.88 Å². The summed E-state index contributed by atoms with van der Waals surface area (Å²) in [5.74, 6) is -0.910. The van der Waals surface area contributed by atoms with Crippen LogP contribution in [0.25, 0.3) is 0 Å². The van der Waals surface area contributed by atoms with Gasteiger partial charge in [-0.05, 0) is 54.6 Å². The molecule has 2 heterocycles. The van der Waals surface area contributed by atoms with Crippen LogP contribution in [0.15, 0.2) is 77.9 Å². The Hall–Kier alpha value is -3.23. The van der Waals surface area contributed by atoms with Gasteiger partial charge in [-0.3, -0.25) is 19.5 Å². The van der Waals surface area contributed by atoms with E-state index < -0.39 is 5.25 Å². The molecule has 6 nitrogen and oxygen atoms in total. The third kappa shape index (κ3) is 6.18. The van der Waals surface area contributed by atoms with Crippen molar-refractivity contribution in [2.24, 2.45) is 4.99 Å². The van der Waals surface area contributed by atoms with E-state index in [0.717, 1.165) is 5.69 Å². The second kappa shape index (κ2) is 10.6. The number of carbonyl (C=O) groups excluding carboxylic acids is 2. The molecule has 0 aliphatic carbocycles. The minimum absolute atomic E-state index is 0.0322. The molecule has 0 spiro atoms. The van der Waals surface area contributed by atoms with Crippen molar-refractivity contribution >= 4 is 51.7 Å². The predicted octanol–water partition coefficient (Wildman–Crippen LogP) is 5.08. The molecule has 2 aromatic carbocycles. The lowest BCUT2D eigenvalue weighted by atomic mass is 10.2. The molecule has 9 heteroatoms. The fourth-order valence-corrected chi connectivity index (χ4v) is 4.64. The fraction of sp³-hybridized carbons (Fsp3) is 0.167. The Bertz CT molecular complexity index is 1170. The van der Waals surface area contributed by atoms with Gasteiger partial charge >= 0.3 is 0 Å². The summed E-state index contributed by atoms with van der Waals surface area (Å²) in [7, 11) is 0. The molecule has 1 N–H and O–H groups in total. The van der Waals surface area contributed by atoms with Crippen LogP contribution in [0.2, 0.25) is 5.02 Å². The number of anilines is 1. The summed E-state index contributed by atoms with van der Waals surface area (Å²) in [4.78, 5) is 36.2. The third-order valence-corrected chi connectivity index (χ3v) is 6.28. The number of rotatable bonds is 7. The van der Waals surface area contributed by atoms with Crippen molar-refractivity contribution < 1.29 is 14.0 Å². The lowest BCUT2D eigenvalue weighted by molar-refractivity contribution is -0.128. The van der Waals surface area contributed by atoms with E-state index in [0.29, 0.717) is 34.5 Å². The van der Waals surface area contributed by atoms with E-state index in [1.54, 1.807) is 35.4 Å². The maximum atomic E-state index is 13.2. The topological polar surface area (TPSA) is 74.7 Å². The van der Waals surface area contributed by atoms with E-state index in [1.165, 1.54) is 36.0 Å². The van der Waals surface area contributed by atoms with E-state index in [4.69, 9.17) is 11.6 Å². The molecule has 1 aliphatic rings. The Morgan fingerprint density at radius 1 is 1.15 bits per heavy atom. The van der Waals surface area contributed by atoms with Crippen molar-refractivity contribution in [2.75, 3.05) is 11.9 Å². The summed E-state index contributed by atoms with van der Waals surface area (Å²) in [5, 5.41) is 3.14. The summed E-state index contributed by atoms with van der Waals surface area (Å²) < 4.78 is 13.1. The minimum Gasteiger partial charge on any atom is -0.326 e. The average molecular weight is 483 g/mol. The molecule has 2 amide bonds. The molecule has 1 saturated heterocycles. The number of halogens is 2. The van der Waals surface area contributed by atoms with Crippen molar-refractivity contribution in [3.63, 3.8) is 0 Å². The molecule has 0 bridgehead atoms. The van der Waals surface area contributed by atoms with Crippen LogP contribution < -0.4 is 5.32 Å². The quantitative estimate of drug-likeness (QED) is 0.509. The van der Waals surface area contributed by atoms with Gasteiger partial charge in [0.2, 0.25) is 11.8 Å². The van der Waals surface area contributed by atoms with Crippen LogP contribution in [0.5, 0.6) is 0 Å². The Morgan fingerprint density at radius 3 is 2.70 bits per heavy atom. The Kier molecular flexibility index (Phi) is 7.36. The van der Waals surface area contributed by atoms with Crippen LogP contribution in [0.3, 0.4) is 0 Å². The van der Waals surface area contributed by atoms with E-state index in [2.05, 4.69) is 15.3 Å². The van der Waals surface area contributed by atoms with Gasteiger partial charge in [-0.2, -0.15) is 0 Å². The van der Waals surface area contributed by atoms with Gasteiger partial charge in [0, 0.05) is 42.0 Å². The first-order valence-electron chi connectivity index (χ1n) is 10.3. The lowest BCUT2D eigenvalue weighted by Crippen LogP contribution is -2.35. The largest absolute Gasteiger partial charge is 0.326 e. The zero-order valence-electron chi connectivity index (χ0n) is 17.4. The number of nitrogens with zero attached hydrogens (tertiary/aromatic N) is 3. The van der Waals surface area contributed by atoms with Gasteiger partial charge in [0.25, 0.3) is 0 Å². The van der Waals surface area contributed by atoms with Crippen molar-refractivity contribution in [3.8, 4) is 0 Å². The molecule has 0 radical (unpaired) electrons. The van der Waals surface area contributed by atoms with Crippen molar-refractivity contribution in [1.29, 1.82) is 0 Å². The average Bonchev–Trinajstić information content (AvgIpc) is 3.08. The van der Waals surface area contributed by atoms with E-state index in [1.807, 2.05) is 18.2 Å². The van der Waals surface area contributed by atoms with Crippen LogP contribution >= 0.6 is 23.4 Å². The van der Waals surface area contributed by atoms with Gasteiger partial charge in [-0.25, -0.2) is 9.38 Å². The number of aliphatic imine (C=N–C) groups is 1. The maximum Gasteiger partial charge on any atom is 0.242 e. The molecule has 1 fully saturated rings. The summed E-state index contributed by atoms with van der Waals surface area (Å²) in [6.07, 6.45) is 2.23. The molecule has 0 unspecified atom stereocenters. The van der Waals surface area contributed by atoms with Crippen LogP contribution in [0, 0.1) is 5.82 Å². The van der Waals surface area contributed by atoms with Gasteiger partial charge < -0.3 is 5.32 Å². The van der Waals surface area contributed by atoms with E-state index >= 15 is 0 Å². The maximum absolute atomic E-state index is 13.2. The zero-order chi connectivity index (χ0) is 23.2. The van der Waals surface area contributed by atoms with E-state index in [9.17, 15) is 14.0 Å². The normalized spacial score (nSPS) is 16.9. The van der Waals surface area contributed by atoms with Crippen LogP contribution in [-0.4, -0.2) is 38.7 Å². The Labute approximate surface area is 199 Å². The second-order valence-corrected chi connectivity index (χ2v) is 8.91. The molecule has 3 aromatic rings. The highest BCUT2D eigenvalue weighted by Gasteiger charge is 2.39. The SMILES string of the molecule is O=C(C[C@H]1SC(=Nc2cccc(Cl)c2)N(CCc2ccccn2)C1=O)Nc1ccc(F)cc1. The monoisotopic (exact) mass is 482 g/mol. The molecular formula is C24H20ClFN4O2S. The number of hydrogen-bond donors (Lipinski definition) is 1. The summed E-state index contributed by atoms with van der Waals surface area (Å²) in [5.41, 5.74) is 1.95. The van der Waals surface area contributed by atoms with E-state index in [-0.39, 0.29) is 24.1 Å². The molecule has 0 saturated carbocycles. The number of pyridine rings is 1. The molecule has 33 heavy (non-hydrogen) atoms. The first kappa shape index (κ1) is 22.9. The number of nitrogens with one attached hydrogen (secondary N) is 1. The highest BCUT2D eigenvalue weighted by atomic mass is 35.5. The van der Waals surface area contributed by atoms with Crippen LogP contribution in [-0.2, 0) is 16.0 Å². The predicted molar refractivity (Wildman–Crippen MR) is 129 cm³/mol. The number of thioether (sulfide) groups is 1. The van der Waals surface area contributed by atoms with Gasteiger partial charge in [0.15, 0.2) is 5.17 Å². The standard InChI is InChI=1S/C24H20ClFN4O2S/c25-16-4-3-6-20(14-16)29-24-30(13-11-18-5-1-2-12-27-18)23(32)21(33-24)15-22(31)28-19-9-7-17(26)8-10-19/h1-10,12,14,21H,11,13,15H2,(H,28,31)/t21-/m1/s1. The Morgan fingerprint density at radius 2 is 1.97 bits per heavy atom. The highest BCUT2D eigenvalue weighted by Crippen LogP contribution is 2.32. The smallest absolute Gasteiger partial charge is 0.242 e. The summed E-state index contributed by atoms with van der Waals surface area (Å²) in [6.45, 7) is 0.387. The Balaban J connectivity index is 1.50. The number of amidine groups is 1. The first-order chi connectivity index (χ1) is 16.0.